The van der Waals surface area contributed by atoms with Gasteiger partial charge < -0.3 is 0 Å². The number of hydrazone groups is 1. The number of carbonyl (C=O) groups is 1. The van der Waals surface area contributed by atoms with E-state index in [1.54, 1.807) is 5.01 Å². The molecule has 5 rings (SSSR count). The Bertz CT molecular complexity index is 1210. The molecule has 6 nitrogen and oxygen atoms in total. The van der Waals surface area contributed by atoms with E-state index in [0.717, 1.165) is 36.1 Å². The minimum absolute atomic E-state index is 0.0818. The average Bonchev–Trinajstić information content (AvgIpc) is 3.41. The standard InChI is InChI=1S/C27H31N3O3S/c1-29(23-15-16-34(32,33)19-23)18-25(31)30-27(21-11-6-3-7-12-21)24-14-8-13-22(26(24)28-30)17-20-9-4-2-5-10-20/h2-7,9-12,17,23-24,27H,8,13-16,18-19H2,1H3/b22-17+. The first-order valence-corrected chi connectivity index (χ1v) is 13.9. The molecule has 3 aliphatic rings. The largest absolute Gasteiger partial charge is 0.293 e. The SMILES string of the molecule is CN(CC(=O)N1N=C2/C(=C/c3ccccc3)CCCC2C1c1ccccc1)C1CCS(=O)(=O)C1. The molecule has 2 aromatic rings. The summed E-state index contributed by atoms with van der Waals surface area (Å²) in [5.74, 6) is 0.402. The highest BCUT2D eigenvalue weighted by molar-refractivity contribution is 7.91. The fourth-order valence-corrected chi connectivity index (χ4v) is 7.28. The molecule has 1 saturated heterocycles. The summed E-state index contributed by atoms with van der Waals surface area (Å²) in [5, 5.41) is 6.62. The van der Waals surface area contributed by atoms with Gasteiger partial charge in [0.15, 0.2) is 9.84 Å². The minimum Gasteiger partial charge on any atom is -0.293 e. The number of amides is 1. The van der Waals surface area contributed by atoms with E-state index in [2.05, 4.69) is 30.3 Å². The number of benzene rings is 2. The van der Waals surface area contributed by atoms with E-state index >= 15 is 0 Å². The van der Waals surface area contributed by atoms with Crippen LogP contribution in [0.15, 0.2) is 71.3 Å². The fraction of sp³-hybridized carbons (Fsp3) is 0.407. The Labute approximate surface area is 201 Å². The fourth-order valence-electron chi connectivity index (χ4n) is 5.48. The van der Waals surface area contributed by atoms with Crippen molar-refractivity contribution < 1.29 is 13.2 Å². The molecular formula is C27H31N3O3S. The zero-order valence-electron chi connectivity index (χ0n) is 19.5. The monoisotopic (exact) mass is 477 g/mol. The predicted octanol–water partition coefficient (Wildman–Crippen LogP) is 3.93. The molecule has 0 radical (unpaired) electrons. The van der Waals surface area contributed by atoms with Crippen LogP contribution in [0.3, 0.4) is 0 Å². The lowest BCUT2D eigenvalue weighted by Crippen LogP contribution is -2.42. The van der Waals surface area contributed by atoms with Crippen LogP contribution in [-0.2, 0) is 14.6 Å². The lowest BCUT2D eigenvalue weighted by molar-refractivity contribution is -0.135. The van der Waals surface area contributed by atoms with Crippen LogP contribution in [0.4, 0.5) is 0 Å². The van der Waals surface area contributed by atoms with Gasteiger partial charge in [-0.1, -0.05) is 60.7 Å². The van der Waals surface area contributed by atoms with E-state index in [0.29, 0.717) is 6.42 Å². The third-order valence-electron chi connectivity index (χ3n) is 7.26. The third kappa shape index (κ3) is 4.72. The van der Waals surface area contributed by atoms with E-state index in [1.165, 1.54) is 5.57 Å². The molecule has 3 atom stereocenters. The number of rotatable bonds is 5. The van der Waals surface area contributed by atoms with Crippen molar-refractivity contribution in [1.29, 1.82) is 0 Å². The Morgan fingerprint density at radius 3 is 2.47 bits per heavy atom. The molecule has 0 N–H and O–H groups in total. The van der Waals surface area contributed by atoms with Crippen molar-refractivity contribution in [3.8, 4) is 0 Å². The quantitative estimate of drug-likeness (QED) is 0.654. The lowest BCUT2D eigenvalue weighted by Gasteiger charge is -2.31. The topological polar surface area (TPSA) is 70.1 Å². The Hall–Kier alpha value is -2.77. The number of hydrogen-bond donors (Lipinski definition) is 0. The van der Waals surface area contributed by atoms with Gasteiger partial charge in [-0.05, 0) is 55.5 Å². The van der Waals surface area contributed by atoms with Crippen LogP contribution >= 0.6 is 0 Å². The maximum absolute atomic E-state index is 13.6. The maximum Gasteiger partial charge on any atom is 0.257 e. The Balaban J connectivity index is 1.45. The molecule has 2 aromatic carbocycles. The minimum atomic E-state index is -3.00. The second kappa shape index (κ2) is 9.47. The van der Waals surface area contributed by atoms with Crippen LogP contribution in [0.5, 0.6) is 0 Å². The number of likely N-dealkylation sites (N-methyl/N-ethyl adjacent to an activating group) is 1. The summed E-state index contributed by atoms with van der Waals surface area (Å²) < 4.78 is 23.9. The smallest absolute Gasteiger partial charge is 0.257 e. The summed E-state index contributed by atoms with van der Waals surface area (Å²) in [4.78, 5) is 15.5. The van der Waals surface area contributed by atoms with Crippen molar-refractivity contribution in [3.05, 3.63) is 77.4 Å². The highest BCUT2D eigenvalue weighted by Gasteiger charge is 2.44. The molecule has 3 unspecified atom stereocenters. The van der Waals surface area contributed by atoms with E-state index in [1.807, 2.05) is 48.3 Å². The maximum atomic E-state index is 13.6. The van der Waals surface area contributed by atoms with Gasteiger partial charge in [0.2, 0.25) is 0 Å². The van der Waals surface area contributed by atoms with Gasteiger partial charge in [0, 0.05) is 12.0 Å². The first kappa shape index (κ1) is 23.0. The second-order valence-corrected chi connectivity index (χ2v) is 11.9. The normalized spacial score (nSPS) is 27.1. The van der Waals surface area contributed by atoms with Crippen molar-refractivity contribution >= 4 is 27.5 Å². The lowest BCUT2D eigenvalue weighted by atomic mass is 9.77. The van der Waals surface area contributed by atoms with Gasteiger partial charge in [-0.25, -0.2) is 13.4 Å². The average molecular weight is 478 g/mol. The molecule has 2 heterocycles. The van der Waals surface area contributed by atoms with E-state index in [4.69, 9.17) is 5.10 Å². The first-order chi connectivity index (χ1) is 16.4. The molecule has 0 bridgehead atoms. The third-order valence-corrected chi connectivity index (χ3v) is 9.01. The molecule has 0 spiro atoms. The van der Waals surface area contributed by atoms with Crippen LogP contribution in [-0.4, -0.2) is 61.1 Å². The number of nitrogens with zero attached hydrogens (tertiary/aromatic N) is 3. The molecule has 1 amide bonds. The molecule has 0 aromatic heterocycles. The molecule has 7 heteroatoms. The number of carbonyl (C=O) groups excluding carboxylic acids is 1. The Morgan fingerprint density at radius 1 is 1.09 bits per heavy atom. The predicted molar refractivity (Wildman–Crippen MR) is 135 cm³/mol. The van der Waals surface area contributed by atoms with Gasteiger partial charge in [-0.2, -0.15) is 5.10 Å². The van der Waals surface area contributed by atoms with Gasteiger partial charge in [-0.3, -0.25) is 9.69 Å². The molecular weight excluding hydrogens is 446 g/mol. The first-order valence-electron chi connectivity index (χ1n) is 12.0. The molecule has 1 saturated carbocycles. The summed E-state index contributed by atoms with van der Waals surface area (Å²) in [6, 6.07) is 20.2. The van der Waals surface area contributed by atoms with Gasteiger partial charge in [0.05, 0.1) is 29.8 Å². The van der Waals surface area contributed by atoms with E-state index < -0.39 is 9.84 Å². The summed E-state index contributed by atoms with van der Waals surface area (Å²) >= 11 is 0. The van der Waals surface area contributed by atoms with Crippen LogP contribution in [0.1, 0.15) is 42.9 Å². The van der Waals surface area contributed by atoms with Crippen LogP contribution < -0.4 is 0 Å². The van der Waals surface area contributed by atoms with Crippen molar-refractivity contribution in [2.45, 2.75) is 37.8 Å². The number of allylic oxidation sites excluding steroid dienone is 1. The van der Waals surface area contributed by atoms with Crippen molar-refractivity contribution in [2.75, 3.05) is 25.1 Å². The van der Waals surface area contributed by atoms with E-state index in [9.17, 15) is 13.2 Å². The van der Waals surface area contributed by atoms with Gasteiger partial charge in [-0.15, -0.1) is 0 Å². The van der Waals surface area contributed by atoms with Crippen molar-refractivity contribution in [2.24, 2.45) is 11.0 Å². The molecule has 2 aliphatic heterocycles. The highest BCUT2D eigenvalue weighted by atomic mass is 32.2. The van der Waals surface area contributed by atoms with Crippen LogP contribution in [0.25, 0.3) is 6.08 Å². The van der Waals surface area contributed by atoms with Crippen molar-refractivity contribution in [3.63, 3.8) is 0 Å². The summed E-state index contributed by atoms with van der Waals surface area (Å²) in [7, 11) is -1.16. The zero-order valence-corrected chi connectivity index (χ0v) is 20.3. The van der Waals surface area contributed by atoms with Gasteiger partial charge in [0.25, 0.3) is 5.91 Å². The summed E-state index contributed by atoms with van der Waals surface area (Å²) in [6.45, 7) is 0.157. The van der Waals surface area contributed by atoms with Crippen LogP contribution in [0, 0.1) is 5.92 Å². The number of hydrogen-bond acceptors (Lipinski definition) is 5. The number of fused-ring (bicyclic) bond motifs is 1. The summed E-state index contributed by atoms with van der Waals surface area (Å²) in [5.41, 5.74) is 4.45. The highest BCUT2D eigenvalue weighted by Crippen LogP contribution is 2.44. The van der Waals surface area contributed by atoms with Gasteiger partial charge >= 0.3 is 0 Å². The van der Waals surface area contributed by atoms with Gasteiger partial charge in [0.1, 0.15) is 0 Å². The van der Waals surface area contributed by atoms with Crippen molar-refractivity contribution in [1.82, 2.24) is 9.91 Å². The van der Waals surface area contributed by atoms with Crippen LogP contribution in [0.2, 0.25) is 0 Å². The zero-order chi connectivity index (χ0) is 23.7. The van der Waals surface area contributed by atoms with E-state index in [-0.39, 0.29) is 42.0 Å². The number of sulfone groups is 1. The molecule has 34 heavy (non-hydrogen) atoms. The molecule has 1 aliphatic carbocycles. The summed E-state index contributed by atoms with van der Waals surface area (Å²) in [6.07, 6.45) is 5.79. The molecule has 178 valence electrons. The molecule has 2 fully saturated rings. The Kier molecular flexibility index (Phi) is 6.40. The second-order valence-electron chi connectivity index (χ2n) is 9.63. The Morgan fingerprint density at radius 2 is 1.79 bits per heavy atom.